The molecule has 0 aliphatic carbocycles. The monoisotopic (exact) mass is 349 g/mol. The number of unbranched alkanes of at least 4 members (excludes halogenated alkanes) is 5. The fraction of sp³-hybridized carbons (Fsp3) is 0.458. The van der Waals surface area contributed by atoms with Gasteiger partial charge < -0.3 is 4.74 Å². The predicted molar refractivity (Wildman–Crippen MR) is 110 cm³/mol. The molecule has 26 heavy (non-hydrogen) atoms. The average Bonchev–Trinajstić information content (AvgIpc) is 2.68. The van der Waals surface area contributed by atoms with Crippen LogP contribution in [0.5, 0.6) is 5.75 Å². The Balaban J connectivity index is 1.81. The highest BCUT2D eigenvalue weighted by atomic mass is 16.5. The molecular weight excluding hydrogens is 318 g/mol. The van der Waals surface area contributed by atoms with Crippen LogP contribution in [-0.2, 0) is 6.42 Å². The molecule has 2 heteroatoms. The number of rotatable bonds is 10. The number of aryl methyl sites for hydroxylation is 1. The summed E-state index contributed by atoms with van der Waals surface area (Å²) in [5.74, 6) is 7.22. The normalized spacial score (nSPS) is 10.2. The molecule has 2 rings (SSSR count). The van der Waals surface area contributed by atoms with Crippen LogP contribution in [0.3, 0.4) is 0 Å². The molecule has 0 bridgehead atoms. The van der Waals surface area contributed by atoms with Crippen LogP contribution in [0.1, 0.15) is 75.6 Å². The van der Waals surface area contributed by atoms with Crippen LogP contribution in [0.4, 0.5) is 0 Å². The van der Waals surface area contributed by atoms with E-state index < -0.39 is 0 Å². The molecule has 0 saturated heterocycles. The van der Waals surface area contributed by atoms with Gasteiger partial charge in [-0.2, -0.15) is 0 Å². The molecule has 0 spiro atoms. The second-order valence-electron chi connectivity index (χ2n) is 6.69. The van der Waals surface area contributed by atoms with Crippen LogP contribution >= 0.6 is 0 Å². The van der Waals surface area contributed by atoms with Gasteiger partial charge in [0.05, 0.1) is 6.61 Å². The molecule has 1 aromatic heterocycles. The molecule has 0 unspecified atom stereocenters. The third-order valence-electron chi connectivity index (χ3n) is 4.35. The van der Waals surface area contributed by atoms with Crippen LogP contribution in [0.15, 0.2) is 42.6 Å². The molecule has 0 atom stereocenters. The molecule has 0 amide bonds. The van der Waals surface area contributed by atoms with E-state index in [1.165, 1.54) is 37.7 Å². The third-order valence-corrected chi connectivity index (χ3v) is 4.35. The molecule has 0 fully saturated rings. The summed E-state index contributed by atoms with van der Waals surface area (Å²) in [6, 6.07) is 12.1. The Kier molecular flexibility index (Phi) is 9.36. The van der Waals surface area contributed by atoms with Crippen molar-refractivity contribution in [2.45, 2.75) is 65.2 Å². The van der Waals surface area contributed by atoms with Crippen molar-refractivity contribution >= 4 is 0 Å². The summed E-state index contributed by atoms with van der Waals surface area (Å²) < 4.78 is 5.67. The zero-order valence-corrected chi connectivity index (χ0v) is 16.3. The van der Waals surface area contributed by atoms with E-state index in [0.29, 0.717) is 0 Å². The lowest BCUT2D eigenvalue weighted by Crippen LogP contribution is -1.95. The smallest absolute Gasteiger partial charge is 0.119 e. The summed E-state index contributed by atoms with van der Waals surface area (Å²) in [6.07, 6.45) is 11.9. The second kappa shape index (κ2) is 12.1. The number of nitrogens with zero attached hydrogens (tertiary/aromatic N) is 1. The summed E-state index contributed by atoms with van der Waals surface area (Å²) in [6.45, 7) is 5.19. The van der Waals surface area contributed by atoms with Crippen molar-refractivity contribution in [2.75, 3.05) is 6.61 Å². The Labute approximate surface area is 159 Å². The first kappa shape index (κ1) is 20.0. The minimum absolute atomic E-state index is 0.774. The van der Waals surface area contributed by atoms with Gasteiger partial charge >= 0.3 is 0 Å². The first-order chi connectivity index (χ1) is 12.8. The highest BCUT2D eigenvalue weighted by Crippen LogP contribution is 2.12. The van der Waals surface area contributed by atoms with Crippen molar-refractivity contribution < 1.29 is 4.74 Å². The van der Waals surface area contributed by atoms with Crippen molar-refractivity contribution in [2.24, 2.45) is 0 Å². The Hall–Kier alpha value is -2.27. The molecule has 138 valence electrons. The van der Waals surface area contributed by atoms with Gasteiger partial charge in [0.1, 0.15) is 11.4 Å². The van der Waals surface area contributed by atoms with Gasteiger partial charge in [0.15, 0.2) is 0 Å². The van der Waals surface area contributed by atoms with Gasteiger partial charge in [0.25, 0.3) is 0 Å². The van der Waals surface area contributed by atoms with Crippen molar-refractivity contribution in [3.63, 3.8) is 0 Å². The lowest BCUT2D eigenvalue weighted by molar-refractivity contribution is 0.309. The highest BCUT2D eigenvalue weighted by molar-refractivity contribution is 5.42. The predicted octanol–water partition coefficient (Wildman–Crippen LogP) is 6.17. The van der Waals surface area contributed by atoms with Crippen molar-refractivity contribution in [1.29, 1.82) is 0 Å². The zero-order valence-electron chi connectivity index (χ0n) is 16.3. The van der Waals surface area contributed by atoms with Gasteiger partial charge in [-0.15, -0.1) is 0 Å². The highest BCUT2D eigenvalue weighted by Gasteiger charge is 1.96. The average molecular weight is 350 g/mol. The molecule has 0 N–H and O–H groups in total. The van der Waals surface area contributed by atoms with Crippen LogP contribution < -0.4 is 4.74 Å². The molecule has 2 nitrogen and oxygen atoms in total. The summed E-state index contributed by atoms with van der Waals surface area (Å²) in [5, 5.41) is 0. The molecule has 1 aromatic carbocycles. The van der Waals surface area contributed by atoms with Crippen LogP contribution in [-0.4, -0.2) is 11.6 Å². The fourth-order valence-electron chi connectivity index (χ4n) is 2.68. The Morgan fingerprint density at radius 3 is 2.27 bits per heavy atom. The molecule has 2 aromatic rings. The fourth-order valence-corrected chi connectivity index (χ4v) is 2.68. The summed E-state index contributed by atoms with van der Waals surface area (Å²) >= 11 is 0. The largest absolute Gasteiger partial charge is 0.494 e. The second-order valence-corrected chi connectivity index (χ2v) is 6.69. The Morgan fingerprint density at radius 1 is 0.808 bits per heavy atom. The van der Waals surface area contributed by atoms with E-state index in [4.69, 9.17) is 4.74 Å². The standard InChI is InChI=1S/C24H31NO/c1-3-5-7-8-9-10-22-12-16-23(25-20-22)15-11-21-13-17-24(18-14-21)26-19-6-4-2/h12-14,16-18,20H,3-10,19H2,1-2H3. The van der Waals surface area contributed by atoms with E-state index in [1.54, 1.807) is 0 Å². The Morgan fingerprint density at radius 2 is 1.58 bits per heavy atom. The molecule has 0 aliphatic heterocycles. The maximum atomic E-state index is 5.67. The first-order valence-electron chi connectivity index (χ1n) is 10.0. The van der Waals surface area contributed by atoms with E-state index in [-0.39, 0.29) is 0 Å². The van der Waals surface area contributed by atoms with Crippen LogP contribution in [0.2, 0.25) is 0 Å². The van der Waals surface area contributed by atoms with Gasteiger partial charge in [0, 0.05) is 11.8 Å². The number of pyridine rings is 1. The lowest BCUT2D eigenvalue weighted by atomic mass is 10.1. The summed E-state index contributed by atoms with van der Waals surface area (Å²) in [5.41, 5.74) is 3.11. The number of benzene rings is 1. The van der Waals surface area contributed by atoms with Crippen LogP contribution in [0, 0.1) is 11.8 Å². The van der Waals surface area contributed by atoms with Gasteiger partial charge in [-0.3, -0.25) is 0 Å². The van der Waals surface area contributed by atoms with E-state index in [1.807, 2.05) is 36.5 Å². The van der Waals surface area contributed by atoms with Gasteiger partial charge in [-0.25, -0.2) is 4.98 Å². The maximum Gasteiger partial charge on any atom is 0.119 e. The molecule has 0 saturated carbocycles. The summed E-state index contributed by atoms with van der Waals surface area (Å²) in [4.78, 5) is 4.48. The van der Waals surface area contributed by atoms with Crippen molar-refractivity contribution in [1.82, 2.24) is 4.98 Å². The number of aromatic nitrogens is 1. The van der Waals surface area contributed by atoms with E-state index in [9.17, 15) is 0 Å². The first-order valence-corrected chi connectivity index (χ1v) is 10.0. The number of hydrogen-bond acceptors (Lipinski definition) is 2. The zero-order chi connectivity index (χ0) is 18.5. The summed E-state index contributed by atoms with van der Waals surface area (Å²) in [7, 11) is 0. The van der Waals surface area contributed by atoms with Crippen LogP contribution in [0.25, 0.3) is 0 Å². The van der Waals surface area contributed by atoms with Gasteiger partial charge in [-0.05, 0) is 61.1 Å². The topological polar surface area (TPSA) is 22.1 Å². The molecular formula is C24H31NO. The van der Waals surface area contributed by atoms with E-state index >= 15 is 0 Å². The van der Waals surface area contributed by atoms with E-state index in [2.05, 4.69) is 36.7 Å². The molecule has 0 radical (unpaired) electrons. The molecule has 0 aliphatic rings. The maximum absolute atomic E-state index is 5.67. The SMILES string of the molecule is CCCCCCCc1ccc(C#Cc2ccc(OCCCC)cc2)nc1. The Bertz CT molecular complexity index is 677. The van der Waals surface area contributed by atoms with Gasteiger partial charge in [-0.1, -0.05) is 57.9 Å². The minimum Gasteiger partial charge on any atom is -0.494 e. The van der Waals surface area contributed by atoms with E-state index in [0.717, 1.165) is 42.9 Å². The number of hydrogen-bond donors (Lipinski definition) is 0. The van der Waals surface area contributed by atoms with Gasteiger partial charge in [0.2, 0.25) is 0 Å². The third kappa shape index (κ3) is 7.74. The van der Waals surface area contributed by atoms with Crippen molar-refractivity contribution in [3.8, 4) is 17.6 Å². The quantitative estimate of drug-likeness (QED) is 0.378. The minimum atomic E-state index is 0.774. The van der Waals surface area contributed by atoms with Crippen molar-refractivity contribution in [3.05, 3.63) is 59.4 Å². The molecule has 1 heterocycles. The number of ether oxygens (including phenoxy) is 1. The lowest BCUT2D eigenvalue weighted by Gasteiger charge is -2.04.